The predicted molar refractivity (Wildman–Crippen MR) is 71.9 cm³/mol. The number of fused-ring (bicyclic) bond motifs is 1. The number of aliphatic hydroxyl groups is 1. The Kier molecular flexibility index (Phi) is 3.45. The van der Waals surface area contributed by atoms with Crippen molar-refractivity contribution in [1.29, 1.82) is 0 Å². The molecule has 0 saturated carbocycles. The summed E-state index contributed by atoms with van der Waals surface area (Å²) in [5.41, 5.74) is -0.270. The van der Waals surface area contributed by atoms with Crippen LogP contribution in [0.1, 0.15) is 30.3 Å². The van der Waals surface area contributed by atoms with Gasteiger partial charge in [-0.2, -0.15) is 13.2 Å². The molecular formula is C14H12ClF3N2O. The Morgan fingerprint density at radius 1 is 1.29 bits per heavy atom. The van der Waals surface area contributed by atoms with E-state index in [0.717, 1.165) is 12.5 Å². The Bertz CT molecular complexity index is 681. The third-order valence-electron chi connectivity index (χ3n) is 3.61. The number of halogens is 4. The third kappa shape index (κ3) is 2.42. The highest BCUT2D eigenvalue weighted by Gasteiger charge is 2.36. The lowest BCUT2D eigenvalue weighted by atomic mass is 10.0. The highest BCUT2D eigenvalue weighted by Crippen LogP contribution is 2.40. The van der Waals surface area contributed by atoms with Crippen molar-refractivity contribution in [1.82, 2.24) is 9.55 Å². The van der Waals surface area contributed by atoms with Crippen molar-refractivity contribution in [3.05, 3.63) is 40.7 Å². The van der Waals surface area contributed by atoms with Crippen LogP contribution in [0.3, 0.4) is 0 Å². The van der Waals surface area contributed by atoms with Gasteiger partial charge < -0.3 is 9.67 Å². The summed E-state index contributed by atoms with van der Waals surface area (Å²) in [6, 6.07) is 5.18. The van der Waals surface area contributed by atoms with Crippen LogP contribution in [0.4, 0.5) is 13.2 Å². The van der Waals surface area contributed by atoms with E-state index in [9.17, 15) is 18.3 Å². The minimum atomic E-state index is -4.49. The summed E-state index contributed by atoms with van der Waals surface area (Å²) >= 11 is 6.02. The molecule has 7 heteroatoms. The molecule has 1 aromatic carbocycles. The quantitative estimate of drug-likeness (QED) is 0.862. The van der Waals surface area contributed by atoms with E-state index in [0.29, 0.717) is 18.5 Å². The molecule has 0 spiro atoms. The Morgan fingerprint density at radius 2 is 2.00 bits per heavy atom. The molecule has 0 saturated heterocycles. The molecule has 0 bridgehead atoms. The van der Waals surface area contributed by atoms with Crippen LogP contribution in [0.5, 0.6) is 0 Å². The maximum Gasteiger partial charge on any atom is 0.417 e. The first-order valence-corrected chi connectivity index (χ1v) is 6.88. The van der Waals surface area contributed by atoms with E-state index in [2.05, 4.69) is 4.98 Å². The highest BCUT2D eigenvalue weighted by atomic mass is 35.5. The topological polar surface area (TPSA) is 38.1 Å². The summed E-state index contributed by atoms with van der Waals surface area (Å²) in [6.07, 6.45) is -3.59. The van der Waals surface area contributed by atoms with Gasteiger partial charge in [0.05, 0.1) is 11.3 Å². The smallest absolute Gasteiger partial charge is 0.373 e. The Balaban J connectivity index is 2.24. The number of hydrogen-bond acceptors (Lipinski definition) is 2. The molecular weight excluding hydrogens is 305 g/mol. The molecule has 2 aromatic rings. The predicted octanol–water partition coefficient (Wildman–Crippen LogP) is 4.05. The first-order valence-electron chi connectivity index (χ1n) is 6.51. The van der Waals surface area contributed by atoms with Gasteiger partial charge in [0.15, 0.2) is 5.15 Å². The Labute approximate surface area is 124 Å². The first kappa shape index (κ1) is 14.4. The van der Waals surface area contributed by atoms with Gasteiger partial charge in [0.1, 0.15) is 12.1 Å². The third-order valence-corrected chi connectivity index (χ3v) is 3.91. The summed E-state index contributed by atoms with van der Waals surface area (Å²) in [5, 5.41) is 10.2. The van der Waals surface area contributed by atoms with Crippen molar-refractivity contribution in [2.75, 3.05) is 0 Å². The number of benzene rings is 1. The van der Waals surface area contributed by atoms with Gasteiger partial charge >= 0.3 is 6.18 Å². The second-order valence-corrected chi connectivity index (χ2v) is 5.32. The van der Waals surface area contributed by atoms with Crippen LogP contribution in [-0.2, 0) is 12.6 Å². The van der Waals surface area contributed by atoms with Crippen molar-refractivity contribution >= 4 is 11.6 Å². The lowest BCUT2D eigenvalue weighted by Crippen LogP contribution is -2.19. The standard InChI is InChI=1S/C14H12ClF3N2O/c15-12-10-6-3-7-11(21)20(10)13(19-12)8-4-1-2-5-9(8)14(16,17)18/h1-2,4-5,11,21H,3,6-7H2. The van der Waals surface area contributed by atoms with Crippen LogP contribution in [0.25, 0.3) is 11.4 Å². The van der Waals surface area contributed by atoms with E-state index >= 15 is 0 Å². The molecule has 1 unspecified atom stereocenters. The zero-order valence-electron chi connectivity index (χ0n) is 10.9. The molecule has 112 valence electrons. The number of hydrogen-bond donors (Lipinski definition) is 1. The normalized spacial score (nSPS) is 18.6. The Hall–Kier alpha value is -1.53. The van der Waals surface area contributed by atoms with Gasteiger partial charge in [-0.05, 0) is 25.3 Å². The molecule has 21 heavy (non-hydrogen) atoms. The number of aromatic nitrogens is 2. The maximum atomic E-state index is 13.1. The fraction of sp³-hybridized carbons (Fsp3) is 0.357. The van der Waals surface area contributed by atoms with Crippen molar-refractivity contribution in [2.45, 2.75) is 31.7 Å². The summed E-state index contributed by atoms with van der Waals surface area (Å²) in [4.78, 5) is 4.06. The van der Waals surface area contributed by atoms with Gasteiger partial charge in [-0.15, -0.1) is 0 Å². The monoisotopic (exact) mass is 316 g/mol. The lowest BCUT2D eigenvalue weighted by molar-refractivity contribution is -0.137. The number of imidazole rings is 1. The first-order chi connectivity index (χ1) is 9.89. The van der Waals surface area contributed by atoms with Crippen molar-refractivity contribution in [3.8, 4) is 11.4 Å². The summed E-state index contributed by atoms with van der Waals surface area (Å²) in [7, 11) is 0. The summed E-state index contributed by atoms with van der Waals surface area (Å²) in [5.74, 6) is 0.0649. The van der Waals surface area contributed by atoms with Gasteiger partial charge in [-0.3, -0.25) is 0 Å². The van der Waals surface area contributed by atoms with Gasteiger partial charge in [-0.1, -0.05) is 29.8 Å². The van der Waals surface area contributed by atoms with E-state index in [1.54, 1.807) is 0 Å². The second kappa shape index (κ2) is 5.03. The molecule has 0 fully saturated rings. The van der Waals surface area contributed by atoms with Crippen molar-refractivity contribution in [3.63, 3.8) is 0 Å². The van der Waals surface area contributed by atoms with Crippen LogP contribution in [0.2, 0.25) is 5.15 Å². The molecule has 2 heterocycles. The average Bonchev–Trinajstić information content (AvgIpc) is 2.77. The zero-order chi connectivity index (χ0) is 15.2. The fourth-order valence-corrected chi connectivity index (χ4v) is 2.95. The van der Waals surface area contributed by atoms with E-state index in [-0.39, 0.29) is 16.5 Å². The molecule has 0 aliphatic carbocycles. The lowest BCUT2D eigenvalue weighted by Gasteiger charge is -2.23. The molecule has 1 aliphatic rings. The van der Waals surface area contributed by atoms with Gasteiger partial charge in [-0.25, -0.2) is 4.98 Å². The average molecular weight is 317 g/mol. The molecule has 3 nitrogen and oxygen atoms in total. The van der Waals surface area contributed by atoms with E-state index in [1.807, 2.05) is 0 Å². The zero-order valence-corrected chi connectivity index (χ0v) is 11.6. The molecule has 0 radical (unpaired) electrons. The highest BCUT2D eigenvalue weighted by molar-refractivity contribution is 6.30. The summed E-state index contributed by atoms with van der Waals surface area (Å²) < 4.78 is 40.8. The van der Waals surface area contributed by atoms with Crippen LogP contribution >= 0.6 is 11.6 Å². The SMILES string of the molecule is OC1CCCc2c(Cl)nc(-c3ccccc3C(F)(F)F)n21. The van der Waals surface area contributed by atoms with Crippen molar-refractivity contribution < 1.29 is 18.3 Å². The van der Waals surface area contributed by atoms with Crippen LogP contribution < -0.4 is 0 Å². The molecule has 3 rings (SSSR count). The number of alkyl halides is 3. The fourth-order valence-electron chi connectivity index (χ4n) is 2.68. The van der Waals surface area contributed by atoms with Gasteiger partial charge in [0, 0.05) is 5.56 Å². The summed E-state index contributed by atoms with van der Waals surface area (Å²) in [6.45, 7) is 0. The molecule has 0 amide bonds. The minimum Gasteiger partial charge on any atom is -0.373 e. The minimum absolute atomic E-state index is 0.0649. The van der Waals surface area contributed by atoms with E-state index in [4.69, 9.17) is 11.6 Å². The Morgan fingerprint density at radius 3 is 2.71 bits per heavy atom. The molecule has 1 N–H and O–H groups in total. The van der Waals surface area contributed by atoms with E-state index < -0.39 is 18.0 Å². The van der Waals surface area contributed by atoms with Gasteiger partial charge in [0.2, 0.25) is 0 Å². The molecule has 1 atom stereocenters. The maximum absolute atomic E-state index is 13.1. The van der Waals surface area contributed by atoms with E-state index in [1.165, 1.54) is 22.8 Å². The van der Waals surface area contributed by atoms with Crippen LogP contribution in [0, 0.1) is 0 Å². The number of nitrogens with zero attached hydrogens (tertiary/aromatic N) is 2. The van der Waals surface area contributed by atoms with Crippen LogP contribution in [0.15, 0.2) is 24.3 Å². The van der Waals surface area contributed by atoms with Gasteiger partial charge in [0.25, 0.3) is 0 Å². The molecule has 1 aromatic heterocycles. The molecule has 1 aliphatic heterocycles. The largest absolute Gasteiger partial charge is 0.417 e. The van der Waals surface area contributed by atoms with Crippen molar-refractivity contribution in [2.24, 2.45) is 0 Å². The number of aliphatic hydroxyl groups excluding tert-OH is 1. The van der Waals surface area contributed by atoms with Crippen LogP contribution in [-0.4, -0.2) is 14.7 Å². The second-order valence-electron chi connectivity index (χ2n) is 4.96. The number of rotatable bonds is 1.